The van der Waals surface area contributed by atoms with Crippen LogP contribution in [0.5, 0.6) is 5.75 Å². The summed E-state index contributed by atoms with van der Waals surface area (Å²) in [5, 5.41) is 3.14. The Balaban J connectivity index is 2.08. The maximum atomic E-state index is 12.6. The van der Waals surface area contributed by atoms with Gasteiger partial charge >= 0.3 is 0 Å². The van der Waals surface area contributed by atoms with Crippen LogP contribution in [0.1, 0.15) is 55.5 Å². The zero-order valence-corrected chi connectivity index (χ0v) is 15.9. The first-order valence-corrected chi connectivity index (χ1v) is 9.08. The lowest BCUT2D eigenvalue weighted by atomic mass is 9.97. The van der Waals surface area contributed by atoms with Crippen molar-refractivity contribution in [3.63, 3.8) is 0 Å². The molecule has 2 rings (SSSR count). The summed E-state index contributed by atoms with van der Waals surface area (Å²) in [7, 11) is 0. The molecule has 0 aliphatic carbocycles. The monoisotopic (exact) mass is 339 g/mol. The highest BCUT2D eigenvalue weighted by molar-refractivity contribution is 5.81. The van der Waals surface area contributed by atoms with Gasteiger partial charge in [0.25, 0.3) is 5.91 Å². The second-order valence-corrected chi connectivity index (χ2v) is 6.55. The Kier molecular flexibility index (Phi) is 6.63. The van der Waals surface area contributed by atoms with E-state index in [9.17, 15) is 4.79 Å². The Morgan fingerprint density at radius 1 is 1.12 bits per heavy atom. The zero-order chi connectivity index (χ0) is 18.4. The van der Waals surface area contributed by atoms with Gasteiger partial charge in [0.1, 0.15) is 5.75 Å². The van der Waals surface area contributed by atoms with Crippen LogP contribution in [0.3, 0.4) is 0 Å². The Morgan fingerprint density at radius 2 is 1.84 bits per heavy atom. The third kappa shape index (κ3) is 4.85. The van der Waals surface area contributed by atoms with E-state index in [0.29, 0.717) is 0 Å². The van der Waals surface area contributed by atoms with E-state index in [0.717, 1.165) is 24.2 Å². The molecule has 0 bridgehead atoms. The lowest BCUT2D eigenvalue weighted by Crippen LogP contribution is -2.38. The zero-order valence-electron chi connectivity index (χ0n) is 15.9. The highest BCUT2D eigenvalue weighted by Gasteiger charge is 2.21. The molecule has 2 aromatic carbocycles. The second-order valence-electron chi connectivity index (χ2n) is 6.55. The predicted octanol–water partition coefficient (Wildman–Crippen LogP) is 4.90. The molecule has 134 valence electrons. The number of hydrogen-bond acceptors (Lipinski definition) is 2. The summed E-state index contributed by atoms with van der Waals surface area (Å²) in [6.07, 6.45) is 1.19. The second kappa shape index (κ2) is 8.70. The number of benzene rings is 2. The van der Waals surface area contributed by atoms with Gasteiger partial charge < -0.3 is 10.1 Å². The van der Waals surface area contributed by atoms with Crippen molar-refractivity contribution in [2.45, 2.75) is 59.6 Å². The molecule has 0 saturated carbocycles. The number of aryl methyl sites for hydroxylation is 3. The van der Waals surface area contributed by atoms with E-state index in [1.54, 1.807) is 6.92 Å². The maximum absolute atomic E-state index is 12.6. The van der Waals surface area contributed by atoms with Crippen molar-refractivity contribution in [3.8, 4) is 5.75 Å². The first-order chi connectivity index (χ1) is 12.0. The molecule has 2 aromatic rings. The fraction of sp³-hybridized carbons (Fsp3) is 0.409. The average molecular weight is 339 g/mol. The minimum absolute atomic E-state index is 0.000527. The molecular formula is C22H29NO2. The normalized spacial score (nSPS) is 13.2. The Bertz CT molecular complexity index is 724. The molecule has 0 fully saturated rings. The predicted molar refractivity (Wildman–Crippen MR) is 103 cm³/mol. The van der Waals surface area contributed by atoms with Gasteiger partial charge in [0.05, 0.1) is 6.04 Å². The lowest BCUT2D eigenvalue weighted by molar-refractivity contribution is -0.128. The molecule has 3 heteroatoms. The van der Waals surface area contributed by atoms with Crippen LogP contribution in [0.2, 0.25) is 0 Å². The molecule has 3 nitrogen and oxygen atoms in total. The molecule has 1 amide bonds. The van der Waals surface area contributed by atoms with Crippen molar-refractivity contribution in [3.05, 3.63) is 64.7 Å². The third-order valence-corrected chi connectivity index (χ3v) is 4.55. The van der Waals surface area contributed by atoms with Crippen LogP contribution in [0.15, 0.2) is 42.5 Å². The van der Waals surface area contributed by atoms with Crippen molar-refractivity contribution in [1.82, 2.24) is 5.32 Å². The van der Waals surface area contributed by atoms with E-state index in [4.69, 9.17) is 4.74 Å². The van der Waals surface area contributed by atoms with Gasteiger partial charge in [0.15, 0.2) is 6.10 Å². The van der Waals surface area contributed by atoms with E-state index in [2.05, 4.69) is 51.2 Å². The smallest absolute Gasteiger partial charge is 0.261 e. The number of nitrogens with one attached hydrogen (secondary N) is 1. The first-order valence-electron chi connectivity index (χ1n) is 9.08. The van der Waals surface area contributed by atoms with Crippen LogP contribution in [0.4, 0.5) is 0 Å². The maximum Gasteiger partial charge on any atom is 0.261 e. The average Bonchev–Trinajstić information content (AvgIpc) is 2.60. The van der Waals surface area contributed by atoms with Gasteiger partial charge in [0, 0.05) is 0 Å². The lowest BCUT2D eigenvalue weighted by Gasteiger charge is -2.23. The minimum atomic E-state index is -0.535. The van der Waals surface area contributed by atoms with Crippen LogP contribution in [0, 0.1) is 13.8 Å². The number of ether oxygens (including phenoxy) is 1. The minimum Gasteiger partial charge on any atom is -0.481 e. The van der Waals surface area contributed by atoms with Crippen molar-refractivity contribution >= 4 is 5.91 Å². The van der Waals surface area contributed by atoms with Gasteiger partial charge in [-0.25, -0.2) is 0 Å². The van der Waals surface area contributed by atoms with Crippen LogP contribution in [-0.4, -0.2) is 12.0 Å². The van der Waals surface area contributed by atoms with E-state index in [1.807, 2.05) is 24.3 Å². The van der Waals surface area contributed by atoms with Crippen LogP contribution in [0.25, 0.3) is 0 Å². The van der Waals surface area contributed by atoms with Crippen molar-refractivity contribution in [1.29, 1.82) is 0 Å². The fourth-order valence-electron chi connectivity index (χ4n) is 3.06. The summed E-state index contributed by atoms with van der Waals surface area (Å²) in [4.78, 5) is 12.6. The molecule has 0 radical (unpaired) electrons. The molecule has 0 aromatic heterocycles. The quantitative estimate of drug-likeness (QED) is 0.779. The highest BCUT2D eigenvalue weighted by atomic mass is 16.5. The highest BCUT2D eigenvalue weighted by Crippen LogP contribution is 2.23. The van der Waals surface area contributed by atoms with Gasteiger partial charge in [-0.1, -0.05) is 55.8 Å². The molecule has 0 aliphatic rings. The van der Waals surface area contributed by atoms with Crippen molar-refractivity contribution < 1.29 is 9.53 Å². The molecular weight excluding hydrogens is 310 g/mol. The number of hydrogen-bond donors (Lipinski definition) is 1. The summed E-state index contributed by atoms with van der Waals surface area (Å²) in [6.45, 7) is 10.1. The van der Waals surface area contributed by atoms with Crippen molar-refractivity contribution in [2.24, 2.45) is 0 Å². The van der Waals surface area contributed by atoms with E-state index >= 15 is 0 Å². The van der Waals surface area contributed by atoms with E-state index in [1.165, 1.54) is 16.7 Å². The van der Waals surface area contributed by atoms with Gasteiger partial charge in [-0.2, -0.15) is 0 Å². The standard InChI is InChI=1S/C22H29NO2/c1-6-18-10-8-9-11-21(18)25-17(5)22(24)23-20(7-2)19-13-12-15(3)14-16(19)4/h8-14,17,20H,6-7H2,1-5H3,(H,23,24). The summed E-state index contributed by atoms with van der Waals surface area (Å²) >= 11 is 0. The summed E-state index contributed by atoms with van der Waals surface area (Å²) in [5.74, 6) is 0.699. The molecule has 0 heterocycles. The van der Waals surface area contributed by atoms with Gasteiger partial charge in [-0.3, -0.25) is 4.79 Å². The molecule has 0 spiro atoms. The Hall–Kier alpha value is -2.29. The largest absolute Gasteiger partial charge is 0.481 e. The third-order valence-electron chi connectivity index (χ3n) is 4.55. The van der Waals surface area contributed by atoms with Gasteiger partial charge in [-0.05, 0) is 56.4 Å². The fourth-order valence-corrected chi connectivity index (χ4v) is 3.06. The first kappa shape index (κ1) is 19.0. The summed E-state index contributed by atoms with van der Waals surface area (Å²) < 4.78 is 5.92. The topological polar surface area (TPSA) is 38.3 Å². The van der Waals surface area contributed by atoms with Crippen LogP contribution < -0.4 is 10.1 Å². The van der Waals surface area contributed by atoms with Crippen molar-refractivity contribution in [2.75, 3.05) is 0 Å². The van der Waals surface area contributed by atoms with Gasteiger partial charge in [-0.15, -0.1) is 0 Å². The Labute approximate surface area is 151 Å². The van der Waals surface area contributed by atoms with Crippen LogP contribution >= 0.6 is 0 Å². The van der Waals surface area contributed by atoms with E-state index in [-0.39, 0.29) is 11.9 Å². The summed E-state index contributed by atoms with van der Waals surface area (Å²) in [5.41, 5.74) is 4.72. The molecule has 0 saturated heterocycles. The van der Waals surface area contributed by atoms with Gasteiger partial charge in [0.2, 0.25) is 0 Å². The Morgan fingerprint density at radius 3 is 2.48 bits per heavy atom. The molecule has 2 unspecified atom stereocenters. The number of rotatable bonds is 7. The summed E-state index contributed by atoms with van der Waals surface area (Å²) in [6, 6.07) is 14.2. The number of carbonyl (C=O) groups excluding carboxylic acids is 1. The number of para-hydroxylation sites is 1. The molecule has 0 aliphatic heterocycles. The molecule has 25 heavy (non-hydrogen) atoms. The van der Waals surface area contributed by atoms with Crippen LogP contribution in [-0.2, 0) is 11.2 Å². The SMILES string of the molecule is CCc1ccccc1OC(C)C(=O)NC(CC)c1ccc(C)cc1C. The number of amides is 1. The number of carbonyl (C=O) groups is 1. The molecule has 1 N–H and O–H groups in total. The van der Waals surface area contributed by atoms with E-state index < -0.39 is 6.10 Å². The molecule has 2 atom stereocenters.